The average Bonchev–Trinajstić information content (AvgIpc) is 2.93. The first-order chi connectivity index (χ1) is 18.0. The highest BCUT2D eigenvalue weighted by molar-refractivity contribution is 9.10. The third-order valence-corrected chi connectivity index (χ3v) is 6.12. The van der Waals surface area contributed by atoms with Crippen LogP contribution in [0.5, 0.6) is 23.0 Å². The van der Waals surface area contributed by atoms with E-state index in [0.29, 0.717) is 34.1 Å². The van der Waals surface area contributed by atoms with Crippen molar-refractivity contribution in [3.05, 3.63) is 94.5 Å². The van der Waals surface area contributed by atoms with Gasteiger partial charge in [0.2, 0.25) is 0 Å². The Morgan fingerprint density at radius 2 is 1.62 bits per heavy atom. The summed E-state index contributed by atoms with van der Waals surface area (Å²) in [4.78, 5) is 24.6. The van der Waals surface area contributed by atoms with E-state index in [9.17, 15) is 9.59 Å². The molecule has 0 fully saturated rings. The molecule has 1 N–H and O–H groups in total. The molecule has 0 spiro atoms. The van der Waals surface area contributed by atoms with Gasteiger partial charge in [0.15, 0.2) is 18.1 Å². The number of fused-ring (bicyclic) bond motifs is 1. The fraction of sp³-hybridized carbons (Fsp3) is 0.107. The Bertz CT molecular complexity index is 1450. The maximum atomic E-state index is 12.5. The van der Waals surface area contributed by atoms with Crippen LogP contribution >= 0.6 is 15.9 Å². The number of benzene rings is 4. The van der Waals surface area contributed by atoms with Crippen LogP contribution in [-0.4, -0.2) is 38.9 Å². The van der Waals surface area contributed by atoms with Crippen molar-refractivity contribution in [2.45, 2.75) is 0 Å². The molecule has 0 aromatic heterocycles. The monoisotopic (exact) mass is 562 g/mol. The summed E-state index contributed by atoms with van der Waals surface area (Å²) in [6.07, 6.45) is 1.48. The van der Waals surface area contributed by atoms with Crippen LogP contribution in [0, 0.1) is 0 Å². The van der Waals surface area contributed by atoms with Crippen molar-refractivity contribution in [1.29, 1.82) is 0 Å². The van der Waals surface area contributed by atoms with Gasteiger partial charge >= 0.3 is 5.97 Å². The first kappa shape index (κ1) is 25.7. The number of nitrogens with zero attached hydrogens (tertiary/aromatic N) is 1. The van der Waals surface area contributed by atoms with Crippen molar-refractivity contribution in [2.24, 2.45) is 5.10 Å². The fourth-order valence-electron chi connectivity index (χ4n) is 3.43. The van der Waals surface area contributed by atoms with Gasteiger partial charge in [-0.25, -0.2) is 10.2 Å². The van der Waals surface area contributed by atoms with Crippen LogP contribution in [-0.2, 0) is 4.79 Å². The fourth-order valence-corrected chi connectivity index (χ4v) is 4.04. The van der Waals surface area contributed by atoms with Crippen LogP contribution in [0.3, 0.4) is 0 Å². The lowest BCUT2D eigenvalue weighted by Gasteiger charge is -2.10. The molecule has 4 rings (SSSR count). The molecule has 0 bridgehead atoms. The van der Waals surface area contributed by atoms with Crippen LogP contribution in [0.2, 0.25) is 0 Å². The van der Waals surface area contributed by atoms with Gasteiger partial charge in [0.05, 0.1) is 30.5 Å². The molecule has 4 aromatic carbocycles. The molecule has 0 radical (unpaired) electrons. The minimum atomic E-state index is -0.535. The number of methoxy groups -OCH3 is 2. The number of amides is 1. The molecule has 9 heteroatoms. The van der Waals surface area contributed by atoms with Crippen molar-refractivity contribution in [1.82, 2.24) is 5.43 Å². The van der Waals surface area contributed by atoms with Gasteiger partial charge in [-0.2, -0.15) is 5.10 Å². The predicted molar refractivity (Wildman–Crippen MR) is 144 cm³/mol. The quantitative estimate of drug-likeness (QED) is 0.127. The molecule has 0 unspecified atom stereocenters. The van der Waals surface area contributed by atoms with Gasteiger partial charge in [0.1, 0.15) is 11.5 Å². The molecule has 188 valence electrons. The minimum Gasteiger partial charge on any atom is -0.493 e. The van der Waals surface area contributed by atoms with Gasteiger partial charge in [-0.05, 0) is 80.8 Å². The maximum absolute atomic E-state index is 12.5. The van der Waals surface area contributed by atoms with Crippen molar-refractivity contribution in [2.75, 3.05) is 20.8 Å². The molecule has 1 amide bonds. The first-order valence-corrected chi connectivity index (χ1v) is 11.9. The van der Waals surface area contributed by atoms with E-state index >= 15 is 0 Å². The molecule has 0 aliphatic carbocycles. The number of esters is 1. The van der Waals surface area contributed by atoms with Crippen molar-refractivity contribution in [3.63, 3.8) is 0 Å². The Hall–Kier alpha value is -4.37. The third kappa shape index (κ3) is 6.45. The van der Waals surface area contributed by atoms with Crippen molar-refractivity contribution >= 4 is 44.8 Å². The zero-order chi connectivity index (χ0) is 26.2. The van der Waals surface area contributed by atoms with Gasteiger partial charge in [-0.3, -0.25) is 4.79 Å². The first-order valence-electron chi connectivity index (χ1n) is 11.1. The summed E-state index contributed by atoms with van der Waals surface area (Å²) < 4.78 is 22.2. The van der Waals surface area contributed by atoms with E-state index in [0.717, 1.165) is 15.2 Å². The largest absolute Gasteiger partial charge is 0.493 e. The normalized spacial score (nSPS) is 10.8. The summed E-state index contributed by atoms with van der Waals surface area (Å²) in [5.41, 5.74) is 3.45. The number of hydrogen-bond donors (Lipinski definition) is 1. The Morgan fingerprint density at radius 3 is 2.38 bits per heavy atom. The van der Waals surface area contributed by atoms with Crippen LogP contribution in [0.25, 0.3) is 10.8 Å². The lowest BCUT2D eigenvalue weighted by Crippen LogP contribution is -2.24. The topological polar surface area (TPSA) is 95.5 Å². The maximum Gasteiger partial charge on any atom is 0.343 e. The van der Waals surface area contributed by atoms with Crippen LogP contribution in [0.4, 0.5) is 0 Å². The Morgan fingerprint density at radius 1 is 0.892 bits per heavy atom. The van der Waals surface area contributed by atoms with E-state index in [1.807, 2.05) is 36.4 Å². The number of carbonyl (C=O) groups is 2. The number of hydrazone groups is 1. The molecule has 0 heterocycles. The van der Waals surface area contributed by atoms with Crippen LogP contribution in [0.15, 0.2) is 88.4 Å². The van der Waals surface area contributed by atoms with Gasteiger partial charge in [0.25, 0.3) is 5.91 Å². The van der Waals surface area contributed by atoms with Gasteiger partial charge in [-0.1, -0.05) is 30.3 Å². The van der Waals surface area contributed by atoms with E-state index in [1.54, 1.807) is 42.5 Å². The summed E-state index contributed by atoms with van der Waals surface area (Å²) in [7, 11) is 3.01. The number of nitrogens with one attached hydrogen (secondary N) is 1. The van der Waals surface area contributed by atoms with E-state index < -0.39 is 11.9 Å². The average molecular weight is 563 g/mol. The summed E-state index contributed by atoms with van der Waals surface area (Å²) >= 11 is 3.53. The molecule has 0 saturated heterocycles. The van der Waals surface area contributed by atoms with Gasteiger partial charge in [-0.15, -0.1) is 0 Å². The molecule has 0 atom stereocenters. The Labute approximate surface area is 221 Å². The van der Waals surface area contributed by atoms with E-state index in [2.05, 4.69) is 26.5 Å². The summed E-state index contributed by atoms with van der Waals surface area (Å²) in [6.45, 7) is -0.195. The second-order valence-electron chi connectivity index (χ2n) is 7.71. The SMILES string of the molecule is COc1ccc(C(=O)Oc2ccc(/C=N/NC(=O)COc3ccc4ccccc4c3Br)cc2)cc1OC. The van der Waals surface area contributed by atoms with Crippen LogP contribution in [0.1, 0.15) is 15.9 Å². The number of rotatable bonds is 9. The Kier molecular flexibility index (Phi) is 8.37. The standard InChI is InChI=1S/C28H23BrN2O6/c1-34-23-13-10-20(15-25(23)35-2)28(33)37-21-11-7-18(8-12-21)16-30-31-26(32)17-36-24-14-9-19-5-3-4-6-22(19)27(24)29/h3-16H,17H2,1-2H3,(H,31,32)/b30-16+. The van der Waals surface area contributed by atoms with E-state index in [1.165, 1.54) is 20.4 Å². The molecule has 37 heavy (non-hydrogen) atoms. The van der Waals surface area contributed by atoms with Crippen molar-refractivity contribution in [3.8, 4) is 23.0 Å². The third-order valence-electron chi connectivity index (χ3n) is 5.30. The molecular formula is C28H23BrN2O6. The highest BCUT2D eigenvalue weighted by Gasteiger charge is 2.13. The number of halogens is 1. The predicted octanol–water partition coefficient (Wildman–Crippen LogP) is 5.37. The van der Waals surface area contributed by atoms with E-state index in [-0.39, 0.29) is 6.61 Å². The van der Waals surface area contributed by atoms with Crippen LogP contribution < -0.4 is 24.4 Å². The lowest BCUT2D eigenvalue weighted by molar-refractivity contribution is -0.123. The molecular weight excluding hydrogens is 540 g/mol. The smallest absolute Gasteiger partial charge is 0.343 e. The second-order valence-corrected chi connectivity index (χ2v) is 8.50. The lowest BCUT2D eigenvalue weighted by atomic mass is 10.1. The highest BCUT2D eigenvalue weighted by Crippen LogP contribution is 2.33. The number of carbonyl (C=O) groups excluding carboxylic acids is 2. The molecule has 0 saturated carbocycles. The molecule has 8 nitrogen and oxygen atoms in total. The van der Waals surface area contributed by atoms with Gasteiger partial charge < -0.3 is 18.9 Å². The number of ether oxygens (including phenoxy) is 4. The summed E-state index contributed by atoms with van der Waals surface area (Å²) in [5.74, 6) is 0.930. The summed E-state index contributed by atoms with van der Waals surface area (Å²) in [6, 6.07) is 23.0. The van der Waals surface area contributed by atoms with Gasteiger partial charge in [0, 0.05) is 0 Å². The van der Waals surface area contributed by atoms with E-state index in [4.69, 9.17) is 18.9 Å². The van der Waals surface area contributed by atoms with Crippen molar-refractivity contribution < 1.29 is 28.5 Å². The zero-order valence-corrected chi connectivity index (χ0v) is 21.7. The molecule has 0 aliphatic heterocycles. The molecule has 0 aliphatic rings. The Balaban J connectivity index is 1.28. The second kappa shape index (κ2) is 12.0. The zero-order valence-electron chi connectivity index (χ0n) is 20.1. The molecule has 4 aromatic rings. The number of hydrogen-bond acceptors (Lipinski definition) is 7. The highest BCUT2D eigenvalue weighted by atomic mass is 79.9. The minimum absolute atomic E-state index is 0.195. The summed E-state index contributed by atoms with van der Waals surface area (Å²) in [5, 5.41) is 6.01.